The first kappa shape index (κ1) is 91.1. The van der Waals surface area contributed by atoms with Crippen LogP contribution in [0.5, 0.6) is 0 Å². The lowest BCUT2D eigenvalue weighted by Gasteiger charge is -2.21. The van der Waals surface area contributed by atoms with Crippen LogP contribution in [0.2, 0.25) is 0 Å². The summed E-state index contributed by atoms with van der Waals surface area (Å²) in [5, 5.41) is 10.6. The molecule has 552 valence electrons. The van der Waals surface area contributed by atoms with Crippen LogP contribution < -0.4 is 0 Å². The van der Waals surface area contributed by atoms with Gasteiger partial charge in [-0.3, -0.25) is 37.3 Å². The zero-order chi connectivity index (χ0) is 68.6. The third-order valence-electron chi connectivity index (χ3n) is 17.6. The van der Waals surface area contributed by atoms with E-state index >= 15 is 0 Å². The highest BCUT2D eigenvalue weighted by molar-refractivity contribution is 7.47. The predicted molar refractivity (Wildman–Crippen MR) is 377 cm³/mol. The molecular weight excluding hydrogens is 1220 g/mol. The molecule has 0 fully saturated rings. The molecule has 3 N–H and O–H groups in total. The molecule has 17 nitrogen and oxygen atoms in total. The van der Waals surface area contributed by atoms with Crippen molar-refractivity contribution in [2.75, 3.05) is 39.6 Å². The topological polar surface area (TPSA) is 237 Å². The number of carbonyl (C=O) groups excluding carboxylic acids is 4. The number of hydrogen-bond acceptors (Lipinski definition) is 15. The Labute approximate surface area is 568 Å². The molecule has 0 spiro atoms. The van der Waals surface area contributed by atoms with E-state index in [-0.39, 0.29) is 25.7 Å². The maximum Gasteiger partial charge on any atom is 0.472 e. The van der Waals surface area contributed by atoms with Crippen molar-refractivity contribution in [1.82, 2.24) is 0 Å². The fourth-order valence-corrected chi connectivity index (χ4v) is 12.8. The van der Waals surface area contributed by atoms with Gasteiger partial charge in [-0.15, -0.1) is 0 Å². The van der Waals surface area contributed by atoms with Gasteiger partial charge in [0.15, 0.2) is 12.2 Å². The molecule has 6 atom stereocenters. The lowest BCUT2D eigenvalue weighted by atomic mass is 10.00. The van der Waals surface area contributed by atoms with Crippen molar-refractivity contribution >= 4 is 39.5 Å². The molecule has 0 saturated heterocycles. The van der Waals surface area contributed by atoms with E-state index in [2.05, 4.69) is 41.5 Å². The van der Waals surface area contributed by atoms with Gasteiger partial charge >= 0.3 is 39.5 Å². The van der Waals surface area contributed by atoms with Crippen LogP contribution in [0, 0.1) is 11.8 Å². The maximum atomic E-state index is 13.1. The van der Waals surface area contributed by atoms with Crippen LogP contribution in [0.1, 0.15) is 382 Å². The van der Waals surface area contributed by atoms with Gasteiger partial charge in [-0.2, -0.15) is 0 Å². The van der Waals surface area contributed by atoms with E-state index in [1.165, 1.54) is 193 Å². The SMILES string of the molecule is CCCCCCCCCCCCCCCCCCCCCCC(=O)O[C@H](COC(=O)CCCCCCCCCCCC(C)C)COP(=O)(O)OC[C@@H](O)COP(=O)(O)OC[C@@H](COC(=O)CCCCCCCCC(C)CC)OC(=O)CCCCCCCCCCCCC. The molecule has 3 unspecified atom stereocenters. The third-order valence-corrected chi connectivity index (χ3v) is 19.5. The number of hydrogen-bond donors (Lipinski definition) is 3. The van der Waals surface area contributed by atoms with Gasteiger partial charge in [0, 0.05) is 25.7 Å². The van der Waals surface area contributed by atoms with Crippen LogP contribution in [0.15, 0.2) is 0 Å². The first-order chi connectivity index (χ1) is 44.9. The van der Waals surface area contributed by atoms with Crippen LogP contribution in [-0.4, -0.2) is 96.7 Å². The summed E-state index contributed by atoms with van der Waals surface area (Å²) in [6.07, 6.45) is 52.8. The first-order valence-electron chi connectivity index (χ1n) is 38.5. The standard InChI is InChI=1S/C74H144O17P2/c1-7-10-12-14-16-18-20-21-22-23-24-25-26-27-28-30-34-39-47-53-59-74(79)90-69(62-84-71(76)56-50-44-37-35-31-32-36-42-48-54-66(4)5)64-88-92(80,81)86-60-68(75)61-87-93(82,83)89-65-70(63-85-72(77)57-51-45-41-40-43-49-55-67(6)9-3)91-73(78)58-52-46-38-33-29-19-17-15-13-11-8-2/h66-70,75H,7-65H2,1-6H3,(H,80,81)(H,82,83)/t67?,68-,69-,70-/m1/s1. The lowest BCUT2D eigenvalue weighted by Crippen LogP contribution is -2.30. The normalized spacial score (nSPS) is 14.3. The Kier molecular flexibility index (Phi) is 64.6. The molecule has 0 aliphatic rings. The van der Waals surface area contributed by atoms with E-state index < -0.39 is 97.5 Å². The minimum Gasteiger partial charge on any atom is -0.462 e. The first-order valence-corrected chi connectivity index (χ1v) is 41.5. The van der Waals surface area contributed by atoms with Crippen LogP contribution in [0.3, 0.4) is 0 Å². The van der Waals surface area contributed by atoms with Crippen molar-refractivity contribution in [2.45, 2.75) is 400 Å². The number of carbonyl (C=O) groups is 4. The zero-order valence-corrected chi connectivity index (χ0v) is 62.3. The third kappa shape index (κ3) is 67.0. The summed E-state index contributed by atoms with van der Waals surface area (Å²) in [4.78, 5) is 72.7. The predicted octanol–water partition coefficient (Wildman–Crippen LogP) is 21.6. The summed E-state index contributed by atoms with van der Waals surface area (Å²) in [6, 6.07) is 0. The molecule has 0 saturated carbocycles. The molecule has 0 amide bonds. The lowest BCUT2D eigenvalue weighted by molar-refractivity contribution is -0.161. The van der Waals surface area contributed by atoms with Crippen molar-refractivity contribution in [3.63, 3.8) is 0 Å². The van der Waals surface area contributed by atoms with Crippen molar-refractivity contribution in [1.29, 1.82) is 0 Å². The summed E-state index contributed by atoms with van der Waals surface area (Å²) in [5.41, 5.74) is 0. The van der Waals surface area contributed by atoms with Gasteiger partial charge in [0.05, 0.1) is 26.4 Å². The fraction of sp³-hybridized carbons (Fsp3) is 0.946. The van der Waals surface area contributed by atoms with Gasteiger partial charge in [0.25, 0.3) is 0 Å². The van der Waals surface area contributed by atoms with Crippen LogP contribution in [0.4, 0.5) is 0 Å². The highest BCUT2D eigenvalue weighted by Gasteiger charge is 2.30. The maximum absolute atomic E-state index is 13.1. The van der Waals surface area contributed by atoms with Gasteiger partial charge in [-0.25, -0.2) is 9.13 Å². The molecule has 0 aliphatic carbocycles. The van der Waals surface area contributed by atoms with Crippen molar-refractivity contribution in [3.8, 4) is 0 Å². The number of phosphoric acid groups is 2. The molecule has 0 bridgehead atoms. The summed E-state index contributed by atoms with van der Waals surface area (Å²) in [7, 11) is -9.91. The Balaban J connectivity index is 5.20. The van der Waals surface area contributed by atoms with Crippen LogP contribution >= 0.6 is 15.6 Å². The second-order valence-corrected chi connectivity index (χ2v) is 30.3. The van der Waals surface area contributed by atoms with Gasteiger partial charge in [0.2, 0.25) is 0 Å². The van der Waals surface area contributed by atoms with Crippen molar-refractivity contribution < 1.29 is 80.2 Å². The Hall–Kier alpha value is -1.94. The monoisotopic (exact) mass is 1370 g/mol. The smallest absolute Gasteiger partial charge is 0.462 e. The van der Waals surface area contributed by atoms with Crippen molar-refractivity contribution in [2.24, 2.45) is 11.8 Å². The quantitative estimate of drug-likeness (QED) is 0.0222. The van der Waals surface area contributed by atoms with E-state index in [9.17, 15) is 43.2 Å². The molecule has 93 heavy (non-hydrogen) atoms. The number of rotatable bonds is 73. The number of aliphatic hydroxyl groups is 1. The minimum absolute atomic E-state index is 0.106. The average molecular weight is 1370 g/mol. The summed E-state index contributed by atoms with van der Waals surface area (Å²) < 4.78 is 68.4. The molecule has 0 radical (unpaired) electrons. The summed E-state index contributed by atoms with van der Waals surface area (Å²) in [5.74, 6) is -0.645. The molecule has 0 aromatic carbocycles. The minimum atomic E-state index is -4.95. The second-order valence-electron chi connectivity index (χ2n) is 27.4. The average Bonchev–Trinajstić information content (AvgIpc) is 1.73. The number of unbranched alkanes of at least 4 members (excludes halogenated alkanes) is 42. The van der Waals surface area contributed by atoms with Crippen molar-refractivity contribution in [3.05, 3.63) is 0 Å². The number of esters is 4. The second kappa shape index (κ2) is 66.0. The molecule has 0 aromatic heterocycles. The molecular formula is C74H144O17P2. The molecule has 0 aliphatic heterocycles. The van der Waals surface area contributed by atoms with E-state index in [0.29, 0.717) is 25.7 Å². The Morgan fingerprint density at radius 1 is 0.312 bits per heavy atom. The van der Waals surface area contributed by atoms with E-state index in [1.54, 1.807) is 0 Å². The summed E-state index contributed by atoms with van der Waals surface area (Å²) in [6.45, 7) is 9.51. The molecule has 19 heteroatoms. The van der Waals surface area contributed by atoms with E-state index in [4.69, 9.17) is 37.0 Å². The Morgan fingerprint density at radius 3 is 0.817 bits per heavy atom. The zero-order valence-electron chi connectivity index (χ0n) is 60.6. The van der Waals surface area contributed by atoms with Crippen LogP contribution in [0.25, 0.3) is 0 Å². The molecule has 0 heterocycles. The van der Waals surface area contributed by atoms with E-state index in [0.717, 1.165) is 108 Å². The van der Waals surface area contributed by atoms with Gasteiger partial charge in [-0.05, 0) is 37.5 Å². The Morgan fingerprint density at radius 2 is 0.548 bits per heavy atom. The number of aliphatic hydroxyl groups excluding tert-OH is 1. The van der Waals surface area contributed by atoms with Gasteiger partial charge in [0.1, 0.15) is 19.3 Å². The number of phosphoric ester groups is 2. The molecule has 0 rings (SSSR count). The van der Waals surface area contributed by atoms with E-state index in [1.807, 2.05) is 0 Å². The Bertz CT molecular complexity index is 1810. The molecule has 0 aromatic rings. The highest BCUT2D eigenvalue weighted by Crippen LogP contribution is 2.45. The highest BCUT2D eigenvalue weighted by atomic mass is 31.2. The van der Waals surface area contributed by atoms with Gasteiger partial charge < -0.3 is 33.8 Å². The van der Waals surface area contributed by atoms with Gasteiger partial charge in [-0.1, -0.05) is 330 Å². The summed E-state index contributed by atoms with van der Waals surface area (Å²) >= 11 is 0. The largest absolute Gasteiger partial charge is 0.472 e. The van der Waals surface area contributed by atoms with Crippen LogP contribution in [-0.2, 0) is 65.4 Å². The number of ether oxygens (including phenoxy) is 4. The fourth-order valence-electron chi connectivity index (χ4n) is 11.3.